The third-order valence-corrected chi connectivity index (χ3v) is 5.03. The fourth-order valence-corrected chi connectivity index (χ4v) is 3.31. The van der Waals surface area contributed by atoms with Gasteiger partial charge in [-0.2, -0.15) is 0 Å². The second-order valence-corrected chi connectivity index (χ2v) is 6.93. The van der Waals surface area contributed by atoms with Crippen molar-refractivity contribution in [2.24, 2.45) is 17.3 Å². The van der Waals surface area contributed by atoms with Gasteiger partial charge in [0.1, 0.15) is 0 Å². The Balaban J connectivity index is 1.66. The van der Waals surface area contributed by atoms with Gasteiger partial charge in [0.05, 0.1) is 6.61 Å². The lowest BCUT2D eigenvalue weighted by atomic mass is 9.48. The van der Waals surface area contributed by atoms with E-state index in [9.17, 15) is 0 Å². The fraction of sp³-hybridized carbons (Fsp3) is 0.875. The molecule has 0 heterocycles. The maximum atomic E-state index is 5.23. The molecular weight excluding hydrogens is 240 g/mol. The van der Waals surface area contributed by atoms with E-state index in [0.29, 0.717) is 12.0 Å². The highest BCUT2D eigenvalue weighted by Crippen LogP contribution is 2.59. The summed E-state index contributed by atoms with van der Waals surface area (Å²) >= 11 is 0. The van der Waals surface area contributed by atoms with Crippen LogP contribution >= 0.6 is 0 Å². The van der Waals surface area contributed by atoms with Gasteiger partial charge in [-0.3, -0.25) is 0 Å². The van der Waals surface area contributed by atoms with Crippen LogP contribution in [0.5, 0.6) is 0 Å². The maximum absolute atomic E-state index is 5.23. The third-order valence-electron chi connectivity index (χ3n) is 5.03. The second-order valence-electron chi connectivity index (χ2n) is 6.93. The standard InChI is InChI=1S/C16H28O3/c1-15(2)13-9-8-12(14(15)11-13)7-6-10-18-19-16(3,4)17-5/h8,13-14H,6-7,9-11H2,1-5H3/t13-,14-/m1/s1. The molecule has 2 atom stereocenters. The van der Waals surface area contributed by atoms with Crippen LogP contribution in [0.4, 0.5) is 0 Å². The van der Waals surface area contributed by atoms with Crippen LogP contribution in [-0.4, -0.2) is 19.5 Å². The molecule has 0 aromatic carbocycles. The van der Waals surface area contributed by atoms with E-state index >= 15 is 0 Å². The lowest BCUT2D eigenvalue weighted by Gasteiger charge is -2.56. The summed E-state index contributed by atoms with van der Waals surface area (Å²) in [7, 11) is 1.62. The first-order valence-electron chi connectivity index (χ1n) is 7.41. The van der Waals surface area contributed by atoms with Crippen LogP contribution in [0.3, 0.4) is 0 Å². The van der Waals surface area contributed by atoms with Gasteiger partial charge in [-0.25, -0.2) is 9.78 Å². The molecule has 3 nitrogen and oxygen atoms in total. The van der Waals surface area contributed by atoms with Gasteiger partial charge in [-0.1, -0.05) is 25.5 Å². The van der Waals surface area contributed by atoms with Crippen LogP contribution in [0.25, 0.3) is 0 Å². The summed E-state index contributed by atoms with van der Waals surface area (Å²) in [6.45, 7) is 9.14. The first kappa shape index (κ1) is 15.0. The maximum Gasteiger partial charge on any atom is 0.195 e. The van der Waals surface area contributed by atoms with Gasteiger partial charge in [-0.05, 0) is 56.8 Å². The molecule has 1 fully saturated rings. The van der Waals surface area contributed by atoms with Crippen molar-refractivity contribution >= 4 is 0 Å². The quantitative estimate of drug-likeness (QED) is 0.229. The average Bonchev–Trinajstić information content (AvgIpc) is 2.38. The van der Waals surface area contributed by atoms with E-state index in [0.717, 1.165) is 24.7 Å². The summed E-state index contributed by atoms with van der Waals surface area (Å²) in [6, 6.07) is 0. The minimum absolute atomic E-state index is 0.527. The molecule has 0 N–H and O–H groups in total. The Morgan fingerprint density at radius 1 is 1.37 bits per heavy atom. The fourth-order valence-electron chi connectivity index (χ4n) is 3.31. The van der Waals surface area contributed by atoms with E-state index in [-0.39, 0.29) is 0 Å². The minimum Gasteiger partial charge on any atom is -0.351 e. The predicted octanol–water partition coefficient (Wildman–Crippen LogP) is 4.09. The summed E-state index contributed by atoms with van der Waals surface area (Å²) in [5.41, 5.74) is 2.17. The zero-order valence-corrected chi connectivity index (χ0v) is 13.0. The number of rotatable bonds is 7. The summed E-state index contributed by atoms with van der Waals surface area (Å²) in [5.74, 6) is 1.07. The van der Waals surface area contributed by atoms with Crippen LogP contribution in [0.2, 0.25) is 0 Å². The molecule has 0 saturated heterocycles. The molecule has 0 aromatic heterocycles. The van der Waals surface area contributed by atoms with Crippen molar-refractivity contribution in [3.63, 3.8) is 0 Å². The number of fused-ring (bicyclic) bond motifs is 1. The number of hydrogen-bond acceptors (Lipinski definition) is 3. The Labute approximate surface area is 117 Å². The highest BCUT2D eigenvalue weighted by molar-refractivity contribution is 5.23. The van der Waals surface area contributed by atoms with Crippen molar-refractivity contribution in [3.8, 4) is 0 Å². The molecule has 3 aliphatic rings. The normalized spacial score (nSPS) is 28.8. The number of ether oxygens (including phenoxy) is 1. The SMILES string of the molecule is COC(C)(C)OOCCCC1=CC[C@@H]2C[C@H]1C2(C)C. The molecule has 0 radical (unpaired) electrons. The Hall–Kier alpha value is -0.380. The molecule has 0 aliphatic heterocycles. The average molecular weight is 268 g/mol. The molecule has 110 valence electrons. The van der Waals surface area contributed by atoms with E-state index in [1.807, 2.05) is 13.8 Å². The summed E-state index contributed by atoms with van der Waals surface area (Å²) in [4.78, 5) is 10.4. The van der Waals surface area contributed by atoms with Crippen molar-refractivity contribution in [1.82, 2.24) is 0 Å². The topological polar surface area (TPSA) is 27.7 Å². The minimum atomic E-state index is -0.659. The van der Waals surface area contributed by atoms with Crippen molar-refractivity contribution < 1.29 is 14.5 Å². The van der Waals surface area contributed by atoms with Crippen LogP contribution in [0, 0.1) is 17.3 Å². The van der Waals surface area contributed by atoms with Crippen molar-refractivity contribution in [2.75, 3.05) is 13.7 Å². The molecule has 3 rings (SSSR count). The van der Waals surface area contributed by atoms with Gasteiger partial charge in [0, 0.05) is 7.11 Å². The second kappa shape index (κ2) is 5.55. The number of hydrogen-bond donors (Lipinski definition) is 0. The lowest BCUT2D eigenvalue weighted by Crippen LogP contribution is -2.48. The van der Waals surface area contributed by atoms with E-state index in [2.05, 4.69) is 19.9 Å². The van der Waals surface area contributed by atoms with Gasteiger partial charge < -0.3 is 4.74 Å². The molecule has 2 bridgehead atoms. The molecule has 0 amide bonds. The highest BCUT2D eigenvalue weighted by atomic mass is 17.2. The Kier molecular flexibility index (Phi) is 4.38. The summed E-state index contributed by atoms with van der Waals surface area (Å²) in [6.07, 6.45) is 7.28. The van der Waals surface area contributed by atoms with Crippen LogP contribution in [0.1, 0.15) is 53.4 Å². The third kappa shape index (κ3) is 3.21. The summed E-state index contributed by atoms with van der Waals surface area (Å²) < 4.78 is 5.13. The highest BCUT2D eigenvalue weighted by Gasteiger charge is 2.50. The lowest BCUT2D eigenvalue weighted by molar-refractivity contribution is -0.413. The van der Waals surface area contributed by atoms with Crippen LogP contribution in [-0.2, 0) is 14.5 Å². The van der Waals surface area contributed by atoms with E-state index < -0.39 is 5.79 Å². The van der Waals surface area contributed by atoms with Gasteiger partial charge in [0.15, 0.2) is 5.79 Å². The first-order valence-corrected chi connectivity index (χ1v) is 7.41. The number of allylic oxidation sites excluding steroid dienone is 2. The zero-order valence-electron chi connectivity index (χ0n) is 13.0. The van der Waals surface area contributed by atoms with Gasteiger partial charge in [-0.15, -0.1) is 0 Å². The zero-order chi connectivity index (χ0) is 14.1. The predicted molar refractivity (Wildman–Crippen MR) is 75.4 cm³/mol. The molecule has 0 spiro atoms. The molecule has 3 heteroatoms. The Bertz CT molecular complexity index is 344. The van der Waals surface area contributed by atoms with Crippen LogP contribution < -0.4 is 0 Å². The van der Waals surface area contributed by atoms with Crippen molar-refractivity contribution in [1.29, 1.82) is 0 Å². The Morgan fingerprint density at radius 2 is 2.11 bits per heavy atom. The Morgan fingerprint density at radius 3 is 2.68 bits per heavy atom. The molecule has 0 aromatic rings. The molecule has 19 heavy (non-hydrogen) atoms. The van der Waals surface area contributed by atoms with Crippen LogP contribution in [0.15, 0.2) is 11.6 Å². The van der Waals surface area contributed by atoms with Gasteiger partial charge in [0.25, 0.3) is 0 Å². The largest absolute Gasteiger partial charge is 0.351 e. The molecule has 1 saturated carbocycles. The van der Waals surface area contributed by atoms with E-state index in [4.69, 9.17) is 14.5 Å². The van der Waals surface area contributed by atoms with Crippen molar-refractivity contribution in [3.05, 3.63) is 11.6 Å². The molecular formula is C16H28O3. The van der Waals surface area contributed by atoms with Crippen molar-refractivity contribution in [2.45, 2.75) is 59.2 Å². The number of methoxy groups -OCH3 is 1. The van der Waals surface area contributed by atoms with E-state index in [1.165, 1.54) is 12.8 Å². The van der Waals surface area contributed by atoms with Gasteiger partial charge >= 0.3 is 0 Å². The van der Waals surface area contributed by atoms with Gasteiger partial charge in [0.2, 0.25) is 0 Å². The monoisotopic (exact) mass is 268 g/mol. The first-order chi connectivity index (χ1) is 8.87. The molecule has 0 unspecified atom stereocenters. The smallest absolute Gasteiger partial charge is 0.195 e. The van der Waals surface area contributed by atoms with E-state index in [1.54, 1.807) is 12.7 Å². The molecule has 3 aliphatic carbocycles. The summed E-state index contributed by atoms with van der Waals surface area (Å²) in [5, 5.41) is 0.